The van der Waals surface area contributed by atoms with Gasteiger partial charge in [-0.05, 0) is 29.3 Å². The number of cyclic esters (lactones) is 1. The number of aliphatic hydroxyl groups excluding tert-OH is 1. The van der Waals surface area contributed by atoms with Crippen molar-refractivity contribution in [3.05, 3.63) is 119 Å². The second-order valence-electron chi connectivity index (χ2n) is 9.76. The lowest BCUT2D eigenvalue weighted by Gasteiger charge is -2.20. The molecule has 0 radical (unpaired) electrons. The number of aliphatic hydroxyl groups is 1. The summed E-state index contributed by atoms with van der Waals surface area (Å²) in [7, 11) is 0. The Hall–Kier alpha value is -4.85. The quantitative estimate of drug-likeness (QED) is 0.174. The number of alkyl halides is 6. The van der Waals surface area contributed by atoms with Crippen LogP contribution in [0.5, 0.6) is 0 Å². The molecule has 0 saturated heterocycles. The van der Waals surface area contributed by atoms with E-state index in [0.29, 0.717) is 12.1 Å². The maximum absolute atomic E-state index is 13.3. The Bertz CT molecular complexity index is 1610. The third-order valence-electron chi connectivity index (χ3n) is 6.51. The number of aromatic nitrogens is 3. The number of hydrogen-bond acceptors (Lipinski definition) is 7. The summed E-state index contributed by atoms with van der Waals surface area (Å²) in [6, 6.07) is 18.9. The van der Waals surface area contributed by atoms with E-state index in [2.05, 4.69) is 10.3 Å². The van der Waals surface area contributed by atoms with E-state index in [1.165, 1.54) is 0 Å². The largest absolute Gasteiger partial charge is 0.485 e. The first kappa shape index (κ1) is 30.6. The summed E-state index contributed by atoms with van der Waals surface area (Å²) in [4.78, 5) is 12.8. The fraction of sp³-hybridized carbons (Fsp3) is 0.233. The maximum atomic E-state index is 13.3. The molecule has 1 aromatic heterocycles. The highest BCUT2D eigenvalue weighted by molar-refractivity contribution is 5.89. The lowest BCUT2D eigenvalue weighted by Crippen LogP contribution is -2.33. The van der Waals surface area contributed by atoms with E-state index in [1.54, 1.807) is 48.5 Å². The van der Waals surface area contributed by atoms with Crippen molar-refractivity contribution in [1.82, 2.24) is 15.0 Å². The first-order valence-electron chi connectivity index (χ1n) is 13.0. The number of carbonyl (C=O) groups excluding carboxylic acids is 1. The summed E-state index contributed by atoms with van der Waals surface area (Å²) in [6.45, 7) is -0.422. The molecule has 230 valence electrons. The third kappa shape index (κ3) is 7.19. The number of carbonyl (C=O) groups is 1. The molecule has 2 atom stereocenters. The summed E-state index contributed by atoms with van der Waals surface area (Å²) in [5, 5.41) is 18.5. The Balaban J connectivity index is 1.38. The normalized spacial score (nSPS) is 16.2. The van der Waals surface area contributed by atoms with Crippen molar-refractivity contribution in [2.45, 2.75) is 44.3 Å². The molecule has 3 aromatic carbocycles. The van der Waals surface area contributed by atoms with Crippen molar-refractivity contribution < 1.29 is 50.5 Å². The van der Waals surface area contributed by atoms with Gasteiger partial charge in [-0.15, -0.1) is 5.10 Å². The van der Waals surface area contributed by atoms with E-state index in [9.17, 15) is 36.2 Å². The Morgan fingerprint density at radius 2 is 1.39 bits per heavy atom. The molecule has 5 rings (SSSR count). The van der Waals surface area contributed by atoms with Gasteiger partial charge >= 0.3 is 18.3 Å². The molecule has 0 amide bonds. The summed E-state index contributed by atoms with van der Waals surface area (Å²) in [5.74, 6) is -1.23. The SMILES string of the molecule is O=C1O[C@H]([C@@H](O)Cn2cc(-c3cc(C(F)(F)F)cc(C(F)(F)F)c3)nn2)C(OCc2ccccc2)=C1OCc1ccccc1. The third-order valence-corrected chi connectivity index (χ3v) is 6.51. The van der Waals surface area contributed by atoms with Gasteiger partial charge < -0.3 is 19.3 Å². The molecule has 1 aliphatic rings. The Kier molecular flexibility index (Phi) is 8.63. The van der Waals surface area contributed by atoms with E-state index in [0.717, 1.165) is 22.0 Å². The summed E-state index contributed by atoms with van der Waals surface area (Å²) < 4.78 is 97.9. The average molecular weight is 620 g/mol. The summed E-state index contributed by atoms with van der Waals surface area (Å²) >= 11 is 0. The molecule has 8 nitrogen and oxygen atoms in total. The molecule has 0 saturated carbocycles. The van der Waals surface area contributed by atoms with Crippen LogP contribution in [0.25, 0.3) is 11.3 Å². The summed E-state index contributed by atoms with van der Waals surface area (Å²) in [6.07, 6.45) is -11.9. The number of nitrogens with zero attached hydrogens (tertiary/aromatic N) is 3. The fourth-order valence-electron chi connectivity index (χ4n) is 4.36. The zero-order chi connectivity index (χ0) is 31.5. The van der Waals surface area contributed by atoms with Crippen LogP contribution >= 0.6 is 0 Å². The fourth-order valence-corrected chi connectivity index (χ4v) is 4.36. The zero-order valence-electron chi connectivity index (χ0n) is 22.5. The van der Waals surface area contributed by atoms with E-state index in [4.69, 9.17) is 14.2 Å². The molecule has 1 aliphatic heterocycles. The molecule has 4 aromatic rings. The van der Waals surface area contributed by atoms with E-state index >= 15 is 0 Å². The van der Waals surface area contributed by atoms with Crippen LogP contribution in [-0.2, 0) is 51.1 Å². The van der Waals surface area contributed by atoms with Crippen LogP contribution in [0.15, 0.2) is 96.6 Å². The van der Waals surface area contributed by atoms with Gasteiger partial charge in [-0.3, -0.25) is 0 Å². The van der Waals surface area contributed by atoms with Crippen LogP contribution in [-0.4, -0.2) is 38.3 Å². The summed E-state index contributed by atoms with van der Waals surface area (Å²) in [5.41, 5.74) is -2.32. The topological polar surface area (TPSA) is 95.7 Å². The van der Waals surface area contributed by atoms with Crippen LogP contribution in [0.4, 0.5) is 26.3 Å². The molecule has 0 unspecified atom stereocenters. The first-order chi connectivity index (χ1) is 20.9. The second kappa shape index (κ2) is 12.4. The molecule has 2 heterocycles. The van der Waals surface area contributed by atoms with Crippen molar-refractivity contribution in [2.24, 2.45) is 0 Å². The number of hydrogen-bond donors (Lipinski definition) is 1. The van der Waals surface area contributed by atoms with Gasteiger partial charge in [-0.1, -0.05) is 65.9 Å². The lowest BCUT2D eigenvalue weighted by molar-refractivity contribution is -0.148. The van der Waals surface area contributed by atoms with Gasteiger partial charge in [-0.25, -0.2) is 9.48 Å². The molecule has 0 bridgehead atoms. The van der Waals surface area contributed by atoms with Gasteiger partial charge in [0.05, 0.1) is 23.9 Å². The molecule has 44 heavy (non-hydrogen) atoms. The minimum Gasteiger partial charge on any atom is -0.485 e. The zero-order valence-corrected chi connectivity index (χ0v) is 22.5. The Morgan fingerprint density at radius 3 is 1.93 bits per heavy atom. The van der Waals surface area contributed by atoms with Gasteiger partial charge in [0.15, 0.2) is 11.9 Å². The average Bonchev–Trinajstić information content (AvgIpc) is 3.58. The minimum atomic E-state index is -5.04. The van der Waals surface area contributed by atoms with Gasteiger partial charge in [0.2, 0.25) is 5.76 Å². The smallest absolute Gasteiger partial charge is 0.416 e. The van der Waals surface area contributed by atoms with Crippen LogP contribution < -0.4 is 0 Å². The van der Waals surface area contributed by atoms with Crippen LogP contribution in [0.1, 0.15) is 22.3 Å². The van der Waals surface area contributed by atoms with Gasteiger partial charge in [0, 0.05) is 5.56 Å². The van der Waals surface area contributed by atoms with Gasteiger partial charge in [-0.2, -0.15) is 26.3 Å². The Morgan fingerprint density at radius 1 is 0.841 bits per heavy atom. The molecular weight excluding hydrogens is 596 g/mol. The highest BCUT2D eigenvalue weighted by Gasteiger charge is 2.42. The first-order valence-corrected chi connectivity index (χ1v) is 13.0. The van der Waals surface area contributed by atoms with Crippen molar-refractivity contribution >= 4 is 5.97 Å². The van der Waals surface area contributed by atoms with E-state index < -0.39 is 53.8 Å². The standard InChI is InChI=1S/C30H23F6N3O5/c31-29(32,33)21-11-20(12-22(13-21)30(34,35)36)23-14-39(38-37-23)15-24(40)25-26(42-16-18-7-3-1-4-8-18)27(28(41)44-25)43-17-19-9-5-2-6-10-19/h1-14,24-25,40H,15-17H2/t24-,25+/m0/s1. The van der Waals surface area contributed by atoms with Crippen LogP contribution in [0, 0.1) is 0 Å². The van der Waals surface area contributed by atoms with E-state index in [1.807, 2.05) is 12.1 Å². The predicted molar refractivity (Wildman–Crippen MR) is 141 cm³/mol. The lowest BCUT2D eigenvalue weighted by atomic mass is 10.0. The molecule has 0 spiro atoms. The highest BCUT2D eigenvalue weighted by atomic mass is 19.4. The second-order valence-corrected chi connectivity index (χ2v) is 9.76. The van der Waals surface area contributed by atoms with Gasteiger partial charge in [0.1, 0.15) is 25.0 Å². The number of rotatable bonds is 10. The minimum absolute atomic E-state index is 0.00120. The number of benzene rings is 3. The van der Waals surface area contributed by atoms with Crippen LogP contribution in [0.3, 0.4) is 0 Å². The number of halogens is 6. The van der Waals surface area contributed by atoms with Gasteiger partial charge in [0.25, 0.3) is 0 Å². The number of esters is 1. The van der Waals surface area contributed by atoms with Crippen molar-refractivity contribution in [1.29, 1.82) is 0 Å². The Labute approximate surface area is 246 Å². The molecule has 14 heteroatoms. The van der Waals surface area contributed by atoms with Crippen molar-refractivity contribution in [3.63, 3.8) is 0 Å². The maximum Gasteiger partial charge on any atom is 0.416 e. The van der Waals surface area contributed by atoms with Crippen molar-refractivity contribution in [3.8, 4) is 11.3 Å². The monoisotopic (exact) mass is 619 g/mol. The van der Waals surface area contributed by atoms with Crippen LogP contribution in [0.2, 0.25) is 0 Å². The highest BCUT2D eigenvalue weighted by Crippen LogP contribution is 2.38. The molecule has 1 N–H and O–H groups in total. The number of ether oxygens (including phenoxy) is 3. The molecule has 0 aliphatic carbocycles. The molecular formula is C30H23F6N3O5. The van der Waals surface area contributed by atoms with E-state index in [-0.39, 0.29) is 36.5 Å². The van der Waals surface area contributed by atoms with Crippen molar-refractivity contribution in [2.75, 3.05) is 0 Å². The predicted octanol–water partition coefficient (Wildman–Crippen LogP) is 5.91. The molecule has 0 fully saturated rings.